The second-order valence-corrected chi connectivity index (χ2v) is 4.61. The van der Waals surface area contributed by atoms with E-state index in [2.05, 4.69) is 22.4 Å². The van der Waals surface area contributed by atoms with Crippen molar-refractivity contribution >= 4 is 29.0 Å². The molecule has 0 aromatic heterocycles. The molecule has 100 valence electrons. The maximum absolute atomic E-state index is 11.9. The first-order chi connectivity index (χ1) is 9.29. The number of isothiocyanates is 1. The van der Waals surface area contributed by atoms with E-state index in [-0.39, 0.29) is 12.5 Å². The monoisotopic (exact) mass is 276 g/mol. The third-order valence-electron chi connectivity index (χ3n) is 3.08. The zero-order valence-electron chi connectivity index (χ0n) is 10.7. The fourth-order valence-corrected chi connectivity index (χ4v) is 2.15. The van der Waals surface area contributed by atoms with Gasteiger partial charge in [-0.15, -0.1) is 0 Å². The van der Waals surface area contributed by atoms with Crippen LogP contribution in [0.3, 0.4) is 0 Å². The fraction of sp³-hybridized carbons (Fsp3) is 0.429. The van der Waals surface area contributed by atoms with Gasteiger partial charge in [0.15, 0.2) is 6.61 Å². The van der Waals surface area contributed by atoms with Gasteiger partial charge in [0.25, 0.3) is 5.91 Å². The lowest BCUT2D eigenvalue weighted by atomic mass is 10.1. The smallest absolute Gasteiger partial charge is 0.260 e. The molecule has 0 saturated carbocycles. The number of aliphatic imine (C=N–C) groups is 1. The van der Waals surface area contributed by atoms with E-state index in [1.165, 1.54) is 6.42 Å². The van der Waals surface area contributed by atoms with E-state index in [9.17, 15) is 4.79 Å². The van der Waals surface area contributed by atoms with Gasteiger partial charge in [0, 0.05) is 13.1 Å². The number of amides is 1. The molecule has 1 amide bonds. The number of carbonyl (C=O) groups excluding carboxylic acids is 1. The molecule has 1 aliphatic heterocycles. The van der Waals surface area contributed by atoms with Gasteiger partial charge in [0.1, 0.15) is 5.75 Å². The van der Waals surface area contributed by atoms with Crippen molar-refractivity contribution in [3.63, 3.8) is 0 Å². The number of likely N-dealkylation sites (tertiary alicyclic amines) is 1. The molecule has 5 heteroatoms. The van der Waals surface area contributed by atoms with Crippen LogP contribution in [0.25, 0.3) is 0 Å². The van der Waals surface area contributed by atoms with Crippen LogP contribution in [-0.4, -0.2) is 35.7 Å². The highest BCUT2D eigenvalue weighted by Crippen LogP contribution is 2.18. The van der Waals surface area contributed by atoms with Gasteiger partial charge in [-0.1, -0.05) is 0 Å². The Hall–Kier alpha value is -1.71. The van der Waals surface area contributed by atoms with Crippen molar-refractivity contribution in [2.75, 3.05) is 19.7 Å². The lowest BCUT2D eigenvalue weighted by Gasteiger charge is -2.26. The summed E-state index contributed by atoms with van der Waals surface area (Å²) in [6.07, 6.45) is 3.40. The summed E-state index contributed by atoms with van der Waals surface area (Å²) in [5, 5.41) is 2.30. The van der Waals surface area contributed by atoms with Crippen LogP contribution in [0.15, 0.2) is 29.3 Å². The minimum Gasteiger partial charge on any atom is -0.484 e. The molecule has 1 aromatic rings. The van der Waals surface area contributed by atoms with Crippen molar-refractivity contribution < 1.29 is 9.53 Å². The summed E-state index contributed by atoms with van der Waals surface area (Å²) in [7, 11) is 0. The SMILES string of the molecule is O=C(COc1ccc(N=C=S)cc1)N1CCCCC1. The third kappa shape index (κ3) is 4.16. The van der Waals surface area contributed by atoms with Crippen molar-refractivity contribution in [3.05, 3.63) is 24.3 Å². The zero-order chi connectivity index (χ0) is 13.5. The first-order valence-electron chi connectivity index (χ1n) is 6.38. The predicted molar refractivity (Wildman–Crippen MR) is 77.1 cm³/mol. The Morgan fingerprint density at radius 3 is 2.58 bits per heavy atom. The van der Waals surface area contributed by atoms with Gasteiger partial charge in [-0.2, -0.15) is 4.99 Å². The lowest BCUT2D eigenvalue weighted by Crippen LogP contribution is -2.38. The molecule has 4 nitrogen and oxygen atoms in total. The van der Waals surface area contributed by atoms with Gasteiger partial charge >= 0.3 is 0 Å². The maximum atomic E-state index is 11.9. The number of ether oxygens (including phenoxy) is 1. The summed E-state index contributed by atoms with van der Waals surface area (Å²) in [5.74, 6) is 0.717. The topological polar surface area (TPSA) is 41.9 Å². The fourth-order valence-electron chi connectivity index (χ4n) is 2.05. The van der Waals surface area contributed by atoms with Crippen molar-refractivity contribution in [1.29, 1.82) is 0 Å². The van der Waals surface area contributed by atoms with Gasteiger partial charge in [-0.05, 0) is 55.7 Å². The number of nitrogens with zero attached hydrogens (tertiary/aromatic N) is 2. The number of benzene rings is 1. The number of hydrogen-bond donors (Lipinski definition) is 0. The summed E-state index contributed by atoms with van der Waals surface area (Å²) < 4.78 is 5.47. The van der Waals surface area contributed by atoms with Crippen LogP contribution in [0.4, 0.5) is 5.69 Å². The molecule has 0 spiro atoms. The number of rotatable bonds is 4. The Bertz CT molecular complexity index is 475. The van der Waals surface area contributed by atoms with Crippen LogP contribution >= 0.6 is 12.2 Å². The van der Waals surface area contributed by atoms with Gasteiger partial charge in [0.05, 0.1) is 10.8 Å². The van der Waals surface area contributed by atoms with Crippen LogP contribution in [0.2, 0.25) is 0 Å². The summed E-state index contributed by atoms with van der Waals surface area (Å²) in [6, 6.07) is 7.10. The van der Waals surface area contributed by atoms with E-state index in [1.54, 1.807) is 24.3 Å². The highest BCUT2D eigenvalue weighted by atomic mass is 32.1. The third-order valence-corrected chi connectivity index (χ3v) is 3.17. The Morgan fingerprint density at radius 1 is 1.26 bits per heavy atom. The van der Waals surface area contributed by atoms with E-state index in [4.69, 9.17) is 4.74 Å². The molecular formula is C14H16N2O2S. The van der Waals surface area contributed by atoms with Gasteiger partial charge in [0.2, 0.25) is 0 Å². The highest BCUT2D eigenvalue weighted by Gasteiger charge is 2.16. The van der Waals surface area contributed by atoms with Crippen LogP contribution in [0, 0.1) is 0 Å². The maximum Gasteiger partial charge on any atom is 0.260 e. The molecule has 0 aliphatic carbocycles. The van der Waals surface area contributed by atoms with Crippen molar-refractivity contribution in [3.8, 4) is 5.75 Å². The van der Waals surface area contributed by atoms with Gasteiger partial charge in [-0.3, -0.25) is 4.79 Å². The number of hydrogen-bond acceptors (Lipinski definition) is 4. The van der Waals surface area contributed by atoms with Crippen LogP contribution in [0.5, 0.6) is 5.75 Å². The molecule has 0 bridgehead atoms. The number of thiocarbonyl (C=S) groups is 1. The molecule has 0 atom stereocenters. The molecule has 0 N–H and O–H groups in total. The summed E-state index contributed by atoms with van der Waals surface area (Å²) in [6.45, 7) is 1.80. The molecule has 1 fully saturated rings. The normalized spacial score (nSPS) is 14.6. The largest absolute Gasteiger partial charge is 0.484 e. The molecule has 0 radical (unpaired) electrons. The van der Waals surface area contributed by atoms with Crippen LogP contribution in [0.1, 0.15) is 19.3 Å². The van der Waals surface area contributed by atoms with Gasteiger partial charge in [-0.25, -0.2) is 0 Å². The lowest BCUT2D eigenvalue weighted by molar-refractivity contribution is -0.134. The molecule has 19 heavy (non-hydrogen) atoms. The highest BCUT2D eigenvalue weighted by molar-refractivity contribution is 7.78. The molecule has 1 aliphatic rings. The Balaban J connectivity index is 1.84. The Kier molecular flexibility index (Phi) is 5.07. The van der Waals surface area contributed by atoms with Crippen LogP contribution < -0.4 is 4.74 Å². The average molecular weight is 276 g/mol. The van der Waals surface area contributed by atoms with E-state index in [0.717, 1.165) is 31.6 Å². The Morgan fingerprint density at radius 2 is 1.95 bits per heavy atom. The molecule has 1 heterocycles. The van der Waals surface area contributed by atoms with E-state index in [0.29, 0.717) is 5.75 Å². The average Bonchev–Trinajstić information content (AvgIpc) is 2.47. The summed E-state index contributed by atoms with van der Waals surface area (Å²) in [4.78, 5) is 17.6. The van der Waals surface area contributed by atoms with Gasteiger partial charge < -0.3 is 9.64 Å². The van der Waals surface area contributed by atoms with Crippen LogP contribution in [-0.2, 0) is 4.79 Å². The molecule has 1 saturated heterocycles. The molecule has 2 rings (SSSR count). The van der Waals surface area contributed by atoms with Crippen molar-refractivity contribution in [2.24, 2.45) is 4.99 Å². The summed E-state index contributed by atoms with van der Waals surface area (Å²) in [5.41, 5.74) is 0.727. The number of piperidine rings is 1. The molecule has 1 aromatic carbocycles. The second kappa shape index (κ2) is 7.02. The van der Waals surface area contributed by atoms with Crippen molar-refractivity contribution in [2.45, 2.75) is 19.3 Å². The number of carbonyl (C=O) groups is 1. The van der Waals surface area contributed by atoms with E-state index < -0.39 is 0 Å². The zero-order valence-corrected chi connectivity index (χ0v) is 11.5. The van der Waals surface area contributed by atoms with Crippen molar-refractivity contribution in [1.82, 2.24) is 4.90 Å². The first kappa shape index (κ1) is 13.7. The predicted octanol–water partition coefficient (Wildman–Crippen LogP) is 2.81. The Labute approximate surface area is 118 Å². The minimum absolute atomic E-state index is 0.0562. The second-order valence-electron chi connectivity index (χ2n) is 4.43. The summed E-state index contributed by atoms with van der Waals surface area (Å²) >= 11 is 4.53. The quantitative estimate of drug-likeness (QED) is 0.627. The van der Waals surface area contributed by atoms with E-state index in [1.807, 2.05) is 4.90 Å². The minimum atomic E-state index is 0.0562. The first-order valence-corrected chi connectivity index (χ1v) is 6.79. The standard InChI is InChI=1S/C14H16N2O2S/c17-14(16-8-2-1-3-9-16)10-18-13-6-4-12(5-7-13)15-11-19/h4-7H,1-3,8-10H2. The van der Waals surface area contributed by atoms with E-state index >= 15 is 0 Å². The molecule has 0 unspecified atom stereocenters. The molecular weight excluding hydrogens is 260 g/mol.